The lowest BCUT2D eigenvalue weighted by atomic mass is 9.82. The van der Waals surface area contributed by atoms with Crippen molar-refractivity contribution in [3.8, 4) is 0 Å². The predicted octanol–water partition coefficient (Wildman–Crippen LogP) is 4.86. The smallest absolute Gasteiger partial charge is 0.302 e. The molecule has 2 rings (SSSR count). The van der Waals surface area contributed by atoms with Gasteiger partial charge in [0.25, 0.3) is 0 Å². The van der Waals surface area contributed by atoms with E-state index in [1.807, 2.05) is 0 Å². The van der Waals surface area contributed by atoms with Crippen LogP contribution in [0, 0.1) is 11.8 Å². The fraction of sp³-hybridized carbons (Fsp3) is 1.00. The molecular formula is C19H38O2Si. The van der Waals surface area contributed by atoms with Gasteiger partial charge in [-0.05, 0) is 37.5 Å². The zero-order chi connectivity index (χ0) is 15.5. The Morgan fingerprint density at radius 3 is 1.82 bits per heavy atom. The third-order valence-corrected chi connectivity index (χ3v) is 6.63. The second-order valence-corrected chi connectivity index (χ2v) is 8.32. The number of hydrogen-bond donors (Lipinski definition) is 1. The summed E-state index contributed by atoms with van der Waals surface area (Å²) in [6, 6.07) is 0. The highest BCUT2D eigenvalue weighted by molar-refractivity contribution is 6.15. The molecule has 1 atom stereocenters. The Hall–Kier alpha value is 0.137. The summed E-state index contributed by atoms with van der Waals surface area (Å²) >= 11 is 0. The molecule has 0 heterocycles. The summed E-state index contributed by atoms with van der Waals surface area (Å²) in [5.74, 6) is 1.66. The molecule has 2 saturated carbocycles. The largest absolute Gasteiger partial charge is 0.415 e. The lowest BCUT2D eigenvalue weighted by Gasteiger charge is -2.30. The third kappa shape index (κ3) is 7.14. The minimum Gasteiger partial charge on any atom is -0.415 e. The van der Waals surface area contributed by atoms with Crippen molar-refractivity contribution in [2.75, 3.05) is 0 Å². The molecule has 2 aliphatic rings. The highest BCUT2D eigenvalue weighted by atomic mass is 28.2. The highest BCUT2D eigenvalue weighted by Crippen LogP contribution is 2.32. The van der Waals surface area contributed by atoms with Crippen molar-refractivity contribution in [3.63, 3.8) is 0 Å². The summed E-state index contributed by atoms with van der Waals surface area (Å²) in [5, 5.41) is 0. The molecule has 0 aromatic heterocycles. The second kappa shape index (κ2) is 11.6. The minimum absolute atomic E-state index is 0.375. The van der Waals surface area contributed by atoms with E-state index < -0.39 is 10.0 Å². The summed E-state index contributed by atoms with van der Waals surface area (Å²) < 4.78 is 5.92. The van der Waals surface area contributed by atoms with Crippen LogP contribution in [0.3, 0.4) is 0 Å². The molecule has 0 radical (unpaired) electrons. The van der Waals surface area contributed by atoms with E-state index in [9.17, 15) is 4.80 Å². The Labute approximate surface area is 140 Å². The normalized spacial score (nSPS) is 25.5. The van der Waals surface area contributed by atoms with Gasteiger partial charge in [-0.3, -0.25) is 0 Å². The highest BCUT2D eigenvalue weighted by Gasteiger charge is 2.23. The van der Waals surface area contributed by atoms with Crippen LogP contribution in [0.15, 0.2) is 0 Å². The van der Waals surface area contributed by atoms with E-state index in [0.717, 1.165) is 11.8 Å². The Balaban J connectivity index is 1.78. The van der Waals surface area contributed by atoms with Crippen molar-refractivity contribution in [1.82, 2.24) is 0 Å². The molecule has 1 unspecified atom stereocenters. The Bertz CT molecular complexity index is 256. The topological polar surface area (TPSA) is 29.5 Å². The predicted molar refractivity (Wildman–Crippen MR) is 96.5 cm³/mol. The fourth-order valence-electron chi connectivity index (χ4n) is 4.64. The van der Waals surface area contributed by atoms with Crippen LogP contribution in [0.1, 0.15) is 103 Å². The molecule has 0 amide bonds. The average Bonchev–Trinajstić information content (AvgIpc) is 2.45. The van der Waals surface area contributed by atoms with Crippen molar-refractivity contribution < 1.29 is 9.22 Å². The average molecular weight is 327 g/mol. The van der Waals surface area contributed by atoms with Crippen LogP contribution in [0.5, 0.6) is 0 Å². The van der Waals surface area contributed by atoms with Crippen LogP contribution >= 0.6 is 0 Å². The first-order valence-electron chi connectivity index (χ1n) is 10.1. The van der Waals surface area contributed by atoms with Crippen molar-refractivity contribution in [2.45, 2.75) is 109 Å². The molecule has 2 aliphatic carbocycles. The molecule has 0 aromatic carbocycles. The summed E-state index contributed by atoms with van der Waals surface area (Å²) in [6.45, 7) is 0. The zero-order valence-corrected chi connectivity index (χ0v) is 16.0. The van der Waals surface area contributed by atoms with E-state index in [1.165, 1.54) is 103 Å². The van der Waals surface area contributed by atoms with E-state index in [4.69, 9.17) is 4.43 Å². The van der Waals surface area contributed by atoms with Crippen LogP contribution in [-0.2, 0) is 4.43 Å². The summed E-state index contributed by atoms with van der Waals surface area (Å²) in [7, 11) is -1.26. The molecular weight excluding hydrogens is 288 g/mol. The molecule has 3 heteroatoms. The van der Waals surface area contributed by atoms with Gasteiger partial charge in [-0.25, -0.2) is 0 Å². The van der Waals surface area contributed by atoms with Gasteiger partial charge in [0.15, 0.2) is 0 Å². The van der Waals surface area contributed by atoms with E-state index in [-0.39, 0.29) is 0 Å². The monoisotopic (exact) mass is 326 g/mol. The standard InChI is InChI=1S/C19H38O2Si/c20-22-21-19(18-13-9-5-2-6-10-14-18)16-15-17-11-7-3-1-4-8-12-17/h17-20H,1-16,22H2. The molecule has 0 saturated heterocycles. The molecule has 2 nitrogen and oxygen atoms in total. The van der Waals surface area contributed by atoms with Crippen molar-refractivity contribution >= 4 is 10.0 Å². The van der Waals surface area contributed by atoms with Crippen LogP contribution < -0.4 is 0 Å². The molecule has 22 heavy (non-hydrogen) atoms. The van der Waals surface area contributed by atoms with Crippen molar-refractivity contribution in [3.05, 3.63) is 0 Å². The van der Waals surface area contributed by atoms with E-state index >= 15 is 0 Å². The van der Waals surface area contributed by atoms with Gasteiger partial charge < -0.3 is 9.22 Å². The van der Waals surface area contributed by atoms with Gasteiger partial charge in [-0.15, -0.1) is 0 Å². The molecule has 0 aliphatic heterocycles. The SMILES string of the molecule is O[SiH2]OC(CCC1CCCCCCC1)C1CCCCCCC1. The zero-order valence-electron chi connectivity index (χ0n) is 14.6. The van der Waals surface area contributed by atoms with Crippen LogP contribution in [-0.4, -0.2) is 20.9 Å². The summed E-state index contributed by atoms with van der Waals surface area (Å²) in [5.41, 5.74) is 0. The molecule has 2 fully saturated rings. The number of hydrogen-bond acceptors (Lipinski definition) is 2. The number of rotatable bonds is 6. The fourth-order valence-corrected chi connectivity index (χ4v) is 5.27. The van der Waals surface area contributed by atoms with Gasteiger partial charge in [-0.2, -0.15) is 0 Å². The Morgan fingerprint density at radius 2 is 1.27 bits per heavy atom. The molecule has 0 aromatic rings. The lowest BCUT2D eigenvalue weighted by Crippen LogP contribution is -2.27. The van der Waals surface area contributed by atoms with Gasteiger partial charge in [0.1, 0.15) is 0 Å². The van der Waals surface area contributed by atoms with Crippen molar-refractivity contribution in [1.29, 1.82) is 0 Å². The molecule has 0 bridgehead atoms. The minimum atomic E-state index is -1.26. The van der Waals surface area contributed by atoms with Gasteiger partial charge in [0, 0.05) is 6.10 Å². The summed E-state index contributed by atoms with van der Waals surface area (Å²) in [6.07, 6.45) is 22.7. The quantitative estimate of drug-likeness (QED) is 0.706. The van der Waals surface area contributed by atoms with E-state index in [0.29, 0.717) is 6.10 Å². The lowest BCUT2D eigenvalue weighted by molar-refractivity contribution is 0.0871. The first-order chi connectivity index (χ1) is 10.9. The first kappa shape index (κ1) is 18.5. The van der Waals surface area contributed by atoms with E-state index in [1.54, 1.807) is 0 Å². The molecule has 0 spiro atoms. The Morgan fingerprint density at radius 1 is 0.773 bits per heavy atom. The molecule has 130 valence electrons. The maximum absolute atomic E-state index is 9.43. The third-order valence-electron chi connectivity index (χ3n) is 6.05. The van der Waals surface area contributed by atoms with Crippen LogP contribution in [0.4, 0.5) is 0 Å². The van der Waals surface area contributed by atoms with Gasteiger partial charge in [0.05, 0.1) is 0 Å². The van der Waals surface area contributed by atoms with Gasteiger partial charge >= 0.3 is 10.0 Å². The van der Waals surface area contributed by atoms with Crippen LogP contribution in [0.2, 0.25) is 0 Å². The maximum atomic E-state index is 9.43. The summed E-state index contributed by atoms with van der Waals surface area (Å²) in [4.78, 5) is 9.43. The van der Waals surface area contributed by atoms with Crippen LogP contribution in [0.25, 0.3) is 0 Å². The maximum Gasteiger partial charge on any atom is 0.302 e. The van der Waals surface area contributed by atoms with Gasteiger partial charge in [-0.1, -0.05) is 77.0 Å². The Kier molecular flexibility index (Phi) is 9.77. The van der Waals surface area contributed by atoms with Crippen molar-refractivity contribution in [2.24, 2.45) is 11.8 Å². The van der Waals surface area contributed by atoms with Gasteiger partial charge in [0.2, 0.25) is 0 Å². The first-order valence-corrected chi connectivity index (χ1v) is 11.3. The molecule has 1 N–H and O–H groups in total. The van der Waals surface area contributed by atoms with E-state index in [2.05, 4.69) is 0 Å². The second-order valence-electron chi connectivity index (χ2n) is 7.73.